The fraction of sp³-hybridized carbons (Fsp3) is 0.636. The summed E-state index contributed by atoms with van der Waals surface area (Å²) in [7, 11) is 2.06. The molecule has 2 rings (SSSR count). The van der Waals surface area contributed by atoms with E-state index in [9.17, 15) is 0 Å². The maximum absolute atomic E-state index is 4.24. The highest BCUT2D eigenvalue weighted by molar-refractivity contribution is 5.26. The highest BCUT2D eigenvalue weighted by Crippen LogP contribution is 2.13. The molecule has 1 atom stereocenters. The number of piperidine rings is 1. The lowest BCUT2D eigenvalue weighted by Gasteiger charge is -2.27. The van der Waals surface area contributed by atoms with Gasteiger partial charge in [0.1, 0.15) is 0 Å². The summed E-state index contributed by atoms with van der Waals surface area (Å²) in [6, 6.07) is 1.85. The molecule has 1 N–H and O–H groups in total. The van der Waals surface area contributed by atoms with Gasteiger partial charge >= 0.3 is 0 Å². The minimum atomic E-state index is 0.729. The summed E-state index contributed by atoms with van der Waals surface area (Å²) < 4.78 is 0. The van der Waals surface area contributed by atoms with E-state index >= 15 is 0 Å². The molecular weight excluding hydrogens is 188 g/mol. The Balaban J connectivity index is 1.88. The molecule has 0 aliphatic carbocycles. The molecule has 2 heterocycles. The Morgan fingerprint density at radius 1 is 1.47 bits per heavy atom. The van der Waals surface area contributed by atoms with Crippen LogP contribution >= 0.6 is 0 Å². The van der Waals surface area contributed by atoms with Gasteiger partial charge in [-0.1, -0.05) is 0 Å². The number of nitrogens with zero attached hydrogens (tertiary/aromatic N) is 3. The van der Waals surface area contributed by atoms with Gasteiger partial charge in [0.2, 0.25) is 5.95 Å². The van der Waals surface area contributed by atoms with E-state index in [2.05, 4.69) is 27.2 Å². The van der Waals surface area contributed by atoms with Gasteiger partial charge in [-0.25, -0.2) is 9.97 Å². The Labute approximate surface area is 90.7 Å². The van der Waals surface area contributed by atoms with Gasteiger partial charge in [-0.05, 0) is 37.9 Å². The van der Waals surface area contributed by atoms with Crippen LogP contribution in [0.2, 0.25) is 0 Å². The van der Waals surface area contributed by atoms with Crippen LogP contribution < -0.4 is 10.2 Å². The van der Waals surface area contributed by atoms with Crippen molar-refractivity contribution in [1.82, 2.24) is 15.3 Å². The molecule has 0 aromatic carbocycles. The molecule has 4 nitrogen and oxygen atoms in total. The first-order valence-electron chi connectivity index (χ1n) is 5.55. The van der Waals surface area contributed by atoms with Gasteiger partial charge in [0.25, 0.3) is 0 Å². The molecule has 0 saturated carbocycles. The Morgan fingerprint density at radius 2 is 2.27 bits per heavy atom. The van der Waals surface area contributed by atoms with Crippen LogP contribution in [0.1, 0.15) is 12.8 Å². The van der Waals surface area contributed by atoms with E-state index in [4.69, 9.17) is 0 Å². The zero-order valence-corrected chi connectivity index (χ0v) is 9.19. The Kier molecular flexibility index (Phi) is 3.50. The summed E-state index contributed by atoms with van der Waals surface area (Å²) >= 11 is 0. The molecule has 0 unspecified atom stereocenters. The van der Waals surface area contributed by atoms with Crippen LogP contribution in [0.25, 0.3) is 0 Å². The van der Waals surface area contributed by atoms with E-state index < -0.39 is 0 Å². The van der Waals surface area contributed by atoms with Crippen molar-refractivity contribution in [3.8, 4) is 0 Å². The molecular formula is C11H18N4. The van der Waals surface area contributed by atoms with Gasteiger partial charge in [0.05, 0.1) is 0 Å². The predicted molar refractivity (Wildman–Crippen MR) is 60.9 cm³/mol. The second-order valence-corrected chi connectivity index (χ2v) is 4.14. The summed E-state index contributed by atoms with van der Waals surface area (Å²) in [5.74, 6) is 1.55. The summed E-state index contributed by atoms with van der Waals surface area (Å²) in [6.07, 6.45) is 6.17. The second-order valence-electron chi connectivity index (χ2n) is 4.14. The predicted octanol–water partition coefficient (Wildman–Crippen LogP) is 0.912. The molecule has 1 aromatic heterocycles. The van der Waals surface area contributed by atoms with E-state index in [1.807, 2.05) is 6.07 Å². The first kappa shape index (κ1) is 10.4. The third-order valence-electron chi connectivity index (χ3n) is 2.82. The van der Waals surface area contributed by atoms with Crippen molar-refractivity contribution < 1.29 is 0 Å². The maximum atomic E-state index is 4.24. The van der Waals surface area contributed by atoms with Crippen molar-refractivity contribution in [2.45, 2.75) is 12.8 Å². The molecule has 0 bridgehead atoms. The van der Waals surface area contributed by atoms with Gasteiger partial charge in [-0.3, -0.25) is 0 Å². The van der Waals surface area contributed by atoms with Crippen LogP contribution in [0.4, 0.5) is 5.95 Å². The standard InChI is InChI=1S/C11H18N4/c1-15(11-13-6-3-7-14-11)9-10-4-2-5-12-8-10/h3,6-7,10,12H,2,4-5,8-9H2,1H3/t10-/m1/s1. The van der Waals surface area contributed by atoms with Crippen molar-refractivity contribution in [1.29, 1.82) is 0 Å². The number of rotatable bonds is 3. The molecule has 1 aliphatic rings. The average Bonchev–Trinajstić information content (AvgIpc) is 2.31. The topological polar surface area (TPSA) is 41.0 Å². The SMILES string of the molecule is CN(C[C@@H]1CCCNC1)c1ncccn1. The third kappa shape index (κ3) is 2.89. The normalized spacial score (nSPS) is 21.3. The van der Waals surface area contributed by atoms with E-state index in [1.54, 1.807) is 12.4 Å². The maximum Gasteiger partial charge on any atom is 0.224 e. The van der Waals surface area contributed by atoms with E-state index in [-0.39, 0.29) is 0 Å². The molecule has 0 radical (unpaired) electrons. The summed E-state index contributed by atoms with van der Waals surface area (Å²) in [5, 5.41) is 3.42. The Bertz CT molecular complexity index is 282. The molecule has 1 fully saturated rings. The van der Waals surface area contributed by atoms with Crippen molar-refractivity contribution in [3.05, 3.63) is 18.5 Å². The lowest BCUT2D eigenvalue weighted by molar-refractivity contribution is 0.380. The van der Waals surface area contributed by atoms with Gasteiger partial charge in [0, 0.05) is 26.0 Å². The smallest absolute Gasteiger partial charge is 0.224 e. The van der Waals surface area contributed by atoms with Crippen molar-refractivity contribution >= 4 is 5.95 Å². The molecule has 1 aliphatic heterocycles. The van der Waals surface area contributed by atoms with E-state index in [1.165, 1.54) is 19.4 Å². The van der Waals surface area contributed by atoms with E-state index in [0.29, 0.717) is 0 Å². The number of hydrogen-bond donors (Lipinski definition) is 1. The quantitative estimate of drug-likeness (QED) is 0.798. The zero-order chi connectivity index (χ0) is 10.5. The summed E-state index contributed by atoms with van der Waals surface area (Å²) in [6.45, 7) is 3.33. The fourth-order valence-corrected chi connectivity index (χ4v) is 2.04. The second kappa shape index (κ2) is 5.07. The lowest BCUT2D eigenvalue weighted by atomic mass is 9.99. The van der Waals surface area contributed by atoms with Gasteiger partial charge in [-0.15, -0.1) is 0 Å². The zero-order valence-electron chi connectivity index (χ0n) is 9.19. The average molecular weight is 206 g/mol. The molecule has 15 heavy (non-hydrogen) atoms. The van der Waals surface area contributed by atoms with Gasteiger partial charge in [0.15, 0.2) is 0 Å². The van der Waals surface area contributed by atoms with E-state index in [0.717, 1.165) is 25.0 Å². The van der Waals surface area contributed by atoms with Crippen LogP contribution in [0, 0.1) is 5.92 Å². The highest BCUT2D eigenvalue weighted by Gasteiger charge is 2.15. The molecule has 1 saturated heterocycles. The molecule has 0 spiro atoms. The number of nitrogens with one attached hydrogen (secondary N) is 1. The monoisotopic (exact) mass is 206 g/mol. The van der Waals surface area contributed by atoms with Crippen molar-refractivity contribution in [2.24, 2.45) is 5.92 Å². The van der Waals surface area contributed by atoms with Crippen molar-refractivity contribution in [3.63, 3.8) is 0 Å². The first-order chi connectivity index (χ1) is 7.36. The summed E-state index contributed by atoms with van der Waals surface area (Å²) in [5.41, 5.74) is 0. The van der Waals surface area contributed by atoms with Gasteiger partial charge < -0.3 is 10.2 Å². The third-order valence-corrected chi connectivity index (χ3v) is 2.82. The minimum absolute atomic E-state index is 0.729. The molecule has 1 aromatic rings. The highest BCUT2D eigenvalue weighted by atomic mass is 15.2. The number of hydrogen-bond acceptors (Lipinski definition) is 4. The number of aromatic nitrogens is 2. The largest absolute Gasteiger partial charge is 0.344 e. The molecule has 0 amide bonds. The van der Waals surface area contributed by atoms with Gasteiger partial charge in [-0.2, -0.15) is 0 Å². The van der Waals surface area contributed by atoms with Crippen LogP contribution in [0.5, 0.6) is 0 Å². The molecule has 82 valence electrons. The molecule has 4 heteroatoms. The van der Waals surface area contributed by atoms with Crippen LogP contribution in [0.3, 0.4) is 0 Å². The summed E-state index contributed by atoms with van der Waals surface area (Å²) in [4.78, 5) is 10.6. The first-order valence-corrected chi connectivity index (χ1v) is 5.55. The number of anilines is 1. The van der Waals surface area contributed by atoms with Crippen molar-refractivity contribution in [2.75, 3.05) is 31.6 Å². The lowest BCUT2D eigenvalue weighted by Crippen LogP contribution is -2.37. The fourth-order valence-electron chi connectivity index (χ4n) is 2.04. The van der Waals surface area contributed by atoms with Crippen LogP contribution in [-0.4, -0.2) is 36.6 Å². The van der Waals surface area contributed by atoms with Crippen LogP contribution in [-0.2, 0) is 0 Å². The van der Waals surface area contributed by atoms with Crippen LogP contribution in [0.15, 0.2) is 18.5 Å². The Hall–Kier alpha value is -1.16. The minimum Gasteiger partial charge on any atom is -0.344 e. The Morgan fingerprint density at radius 3 is 2.93 bits per heavy atom.